The molecule has 2 aromatic carbocycles. The number of carboxylic acid groups (broad SMARTS) is 1. The molecule has 5 nitrogen and oxygen atoms in total. The molecule has 120 valence electrons. The average Bonchev–Trinajstić information content (AvgIpc) is 3.09. The zero-order chi connectivity index (χ0) is 16.2. The number of anilines is 1. The summed E-state index contributed by atoms with van der Waals surface area (Å²) >= 11 is 0. The molecule has 0 spiro atoms. The lowest BCUT2D eigenvalue weighted by Gasteiger charge is -2.20. The summed E-state index contributed by atoms with van der Waals surface area (Å²) in [5.41, 5.74) is 1.02. The van der Waals surface area contributed by atoms with Crippen molar-refractivity contribution in [1.29, 1.82) is 0 Å². The zero-order valence-electron chi connectivity index (χ0n) is 13.0. The van der Waals surface area contributed by atoms with Crippen LogP contribution in [-0.2, 0) is 0 Å². The second-order valence-electron chi connectivity index (χ2n) is 5.43. The molecule has 3 rings (SSSR count). The van der Waals surface area contributed by atoms with E-state index < -0.39 is 5.97 Å². The first-order valence-corrected chi connectivity index (χ1v) is 7.62. The molecule has 0 unspecified atom stereocenters. The van der Waals surface area contributed by atoms with E-state index in [1.54, 1.807) is 31.4 Å². The third-order valence-electron chi connectivity index (χ3n) is 3.94. The van der Waals surface area contributed by atoms with Crippen LogP contribution in [0.4, 0.5) is 5.69 Å². The lowest BCUT2D eigenvalue weighted by molar-refractivity contribution is 0.0697. The van der Waals surface area contributed by atoms with Crippen molar-refractivity contribution in [2.45, 2.75) is 12.8 Å². The molecule has 0 atom stereocenters. The molecule has 0 aromatic heterocycles. The third kappa shape index (κ3) is 3.23. The van der Waals surface area contributed by atoms with Gasteiger partial charge in [-0.25, -0.2) is 4.79 Å². The largest absolute Gasteiger partial charge is 0.493 e. The van der Waals surface area contributed by atoms with E-state index in [-0.39, 0.29) is 5.56 Å². The predicted molar refractivity (Wildman–Crippen MR) is 87.9 cm³/mol. The summed E-state index contributed by atoms with van der Waals surface area (Å²) in [5, 5.41) is 9.51. The number of nitrogens with zero attached hydrogens (tertiary/aromatic N) is 1. The van der Waals surface area contributed by atoms with E-state index in [4.69, 9.17) is 9.47 Å². The molecule has 0 saturated carbocycles. The highest BCUT2D eigenvalue weighted by Gasteiger charge is 2.20. The van der Waals surface area contributed by atoms with Crippen LogP contribution in [0.15, 0.2) is 42.5 Å². The zero-order valence-corrected chi connectivity index (χ0v) is 13.0. The van der Waals surface area contributed by atoms with Gasteiger partial charge in [-0.15, -0.1) is 0 Å². The van der Waals surface area contributed by atoms with Crippen molar-refractivity contribution >= 4 is 11.7 Å². The van der Waals surface area contributed by atoms with Gasteiger partial charge in [0.05, 0.1) is 18.4 Å². The highest BCUT2D eigenvalue weighted by atomic mass is 16.5. The molecule has 1 heterocycles. The van der Waals surface area contributed by atoms with Crippen LogP contribution in [0, 0.1) is 0 Å². The van der Waals surface area contributed by atoms with E-state index in [0.717, 1.165) is 31.6 Å². The van der Waals surface area contributed by atoms with Crippen molar-refractivity contribution in [1.82, 2.24) is 0 Å². The van der Waals surface area contributed by atoms with Crippen LogP contribution in [0.25, 0.3) is 0 Å². The fourth-order valence-electron chi connectivity index (χ4n) is 2.81. The van der Waals surface area contributed by atoms with Gasteiger partial charge in [0.25, 0.3) is 0 Å². The van der Waals surface area contributed by atoms with Gasteiger partial charge in [0.15, 0.2) is 11.5 Å². The van der Waals surface area contributed by atoms with Gasteiger partial charge in [-0.05, 0) is 43.2 Å². The fourth-order valence-corrected chi connectivity index (χ4v) is 2.81. The second-order valence-corrected chi connectivity index (χ2v) is 5.43. The average molecular weight is 313 g/mol. The number of aromatic carboxylic acids is 1. The van der Waals surface area contributed by atoms with Gasteiger partial charge in [-0.2, -0.15) is 0 Å². The van der Waals surface area contributed by atoms with Crippen LogP contribution in [0.2, 0.25) is 0 Å². The van der Waals surface area contributed by atoms with Gasteiger partial charge in [0, 0.05) is 13.1 Å². The highest BCUT2D eigenvalue weighted by molar-refractivity contribution is 5.95. The maximum Gasteiger partial charge on any atom is 0.337 e. The minimum atomic E-state index is -0.947. The molecule has 1 N–H and O–H groups in total. The number of benzene rings is 2. The Morgan fingerprint density at radius 2 is 1.78 bits per heavy atom. The standard InChI is InChI=1S/C18H19NO4/c1-22-16-6-2-3-7-17(16)23-13-8-9-15(14(12-13)18(20)21)19-10-4-5-11-19/h2-3,6-9,12H,4-5,10-11H2,1H3,(H,20,21). The van der Waals surface area contributed by atoms with Gasteiger partial charge >= 0.3 is 5.97 Å². The summed E-state index contributed by atoms with van der Waals surface area (Å²) < 4.78 is 11.1. The molecule has 1 aliphatic heterocycles. The first-order valence-electron chi connectivity index (χ1n) is 7.62. The molecule has 1 aliphatic rings. The Balaban J connectivity index is 1.91. The minimum absolute atomic E-state index is 0.263. The molecular weight excluding hydrogens is 294 g/mol. The van der Waals surface area contributed by atoms with Crippen LogP contribution in [-0.4, -0.2) is 31.3 Å². The molecule has 23 heavy (non-hydrogen) atoms. The Bertz CT molecular complexity index is 708. The van der Waals surface area contributed by atoms with Crippen molar-refractivity contribution in [3.05, 3.63) is 48.0 Å². The van der Waals surface area contributed by atoms with Crippen molar-refractivity contribution < 1.29 is 19.4 Å². The van der Waals surface area contributed by atoms with E-state index in [0.29, 0.717) is 17.2 Å². The van der Waals surface area contributed by atoms with Gasteiger partial charge in [0.1, 0.15) is 5.75 Å². The number of hydrogen-bond acceptors (Lipinski definition) is 4. The molecule has 0 bridgehead atoms. The number of carboxylic acids is 1. The van der Waals surface area contributed by atoms with Crippen LogP contribution < -0.4 is 14.4 Å². The number of methoxy groups -OCH3 is 1. The first-order chi connectivity index (χ1) is 11.2. The minimum Gasteiger partial charge on any atom is -0.493 e. The number of para-hydroxylation sites is 2. The maximum absolute atomic E-state index is 11.6. The molecule has 1 fully saturated rings. The van der Waals surface area contributed by atoms with Gasteiger partial charge in [-0.3, -0.25) is 0 Å². The highest BCUT2D eigenvalue weighted by Crippen LogP contribution is 2.34. The smallest absolute Gasteiger partial charge is 0.337 e. The Labute approximate surface area is 135 Å². The van der Waals surface area contributed by atoms with E-state index in [1.165, 1.54) is 0 Å². The van der Waals surface area contributed by atoms with E-state index >= 15 is 0 Å². The lowest BCUT2D eigenvalue weighted by Crippen LogP contribution is -2.20. The number of carbonyl (C=O) groups is 1. The predicted octanol–water partition coefficient (Wildman–Crippen LogP) is 3.79. The normalized spacial score (nSPS) is 13.9. The Kier molecular flexibility index (Phi) is 4.37. The molecule has 0 amide bonds. The molecule has 1 saturated heterocycles. The summed E-state index contributed by atoms with van der Waals surface area (Å²) in [6.07, 6.45) is 2.19. The first kappa shape index (κ1) is 15.2. The van der Waals surface area contributed by atoms with Crippen molar-refractivity contribution in [2.24, 2.45) is 0 Å². The Morgan fingerprint density at radius 1 is 1.09 bits per heavy atom. The van der Waals surface area contributed by atoms with Crippen LogP contribution in [0.5, 0.6) is 17.2 Å². The molecular formula is C18H19NO4. The van der Waals surface area contributed by atoms with Crippen LogP contribution in [0.3, 0.4) is 0 Å². The topological polar surface area (TPSA) is 59.0 Å². The Morgan fingerprint density at radius 3 is 2.43 bits per heavy atom. The third-order valence-corrected chi connectivity index (χ3v) is 3.94. The molecule has 2 aromatic rings. The van der Waals surface area contributed by atoms with Crippen LogP contribution in [0.1, 0.15) is 23.2 Å². The molecule has 0 aliphatic carbocycles. The van der Waals surface area contributed by atoms with E-state index in [1.807, 2.05) is 18.2 Å². The SMILES string of the molecule is COc1ccccc1Oc1ccc(N2CCCC2)c(C(=O)O)c1. The summed E-state index contributed by atoms with van der Waals surface area (Å²) in [6.45, 7) is 1.79. The quantitative estimate of drug-likeness (QED) is 0.910. The van der Waals surface area contributed by atoms with Crippen LogP contribution >= 0.6 is 0 Å². The monoisotopic (exact) mass is 313 g/mol. The van der Waals surface area contributed by atoms with Gasteiger partial charge in [-0.1, -0.05) is 12.1 Å². The van der Waals surface area contributed by atoms with Crippen molar-refractivity contribution in [3.63, 3.8) is 0 Å². The maximum atomic E-state index is 11.6. The summed E-state index contributed by atoms with van der Waals surface area (Å²) in [5.74, 6) is 0.695. The number of rotatable bonds is 5. The van der Waals surface area contributed by atoms with Gasteiger partial charge < -0.3 is 19.5 Å². The Hall–Kier alpha value is -2.69. The summed E-state index contributed by atoms with van der Waals surface area (Å²) in [4.78, 5) is 13.7. The number of hydrogen-bond donors (Lipinski definition) is 1. The fraction of sp³-hybridized carbons (Fsp3) is 0.278. The van der Waals surface area contributed by atoms with E-state index in [2.05, 4.69) is 4.90 Å². The van der Waals surface area contributed by atoms with Crippen molar-refractivity contribution in [3.8, 4) is 17.2 Å². The molecule has 5 heteroatoms. The second kappa shape index (κ2) is 6.60. The number of ether oxygens (including phenoxy) is 2. The van der Waals surface area contributed by atoms with Crippen molar-refractivity contribution in [2.75, 3.05) is 25.1 Å². The summed E-state index contributed by atoms with van der Waals surface area (Å²) in [7, 11) is 1.57. The lowest BCUT2D eigenvalue weighted by atomic mass is 10.1. The van der Waals surface area contributed by atoms with E-state index in [9.17, 15) is 9.90 Å². The van der Waals surface area contributed by atoms with Gasteiger partial charge in [0.2, 0.25) is 0 Å². The molecule has 0 radical (unpaired) electrons. The summed E-state index contributed by atoms with van der Waals surface area (Å²) in [6, 6.07) is 12.5.